The van der Waals surface area contributed by atoms with Crippen molar-refractivity contribution in [3.8, 4) is 0 Å². The highest BCUT2D eigenvalue weighted by atomic mass is 35.5. The van der Waals surface area contributed by atoms with Crippen LogP contribution in [0.15, 0.2) is 29.8 Å². The number of carboxylic acid groups (broad SMARTS) is 1. The molecule has 0 amide bonds. The van der Waals surface area contributed by atoms with Gasteiger partial charge in [-0.2, -0.15) is 0 Å². The fourth-order valence-corrected chi connectivity index (χ4v) is 4.39. The molecule has 1 aliphatic carbocycles. The van der Waals surface area contributed by atoms with Crippen LogP contribution in [-0.2, 0) is 14.8 Å². The summed E-state index contributed by atoms with van der Waals surface area (Å²) >= 11 is 5.82. The molecule has 1 unspecified atom stereocenters. The zero-order valence-electron chi connectivity index (χ0n) is 12.6. The molecule has 0 aromatic heterocycles. The first-order valence-corrected chi connectivity index (χ1v) is 8.87. The Morgan fingerprint density at radius 3 is 2.65 bits per heavy atom. The lowest BCUT2D eigenvalue weighted by Crippen LogP contribution is -2.37. The Hall–Kier alpha value is -1.60. The van der Waals surface area contributed by atoms with Gasteiger partial charge in [-0.15, -0.1) is 0 Å². The Balaban J connectivity index is 2.37. The van der Waals surface area contributed by atoms with Crippen molar-refractivity contribution < 1.29 is 22.7 Å². The van der Waals surface area contributed by atoms with Gasteiger partial charge in [-0.05, 0) is 36.5 Å². The summed E-state index contributed by atoms with van der Waals surface area (Å²) in [6.45, 7) is 3.70. The summed E-state index contributed by atoms with van der Waals surface area (Å²) in [7, 11) is -4.02. The van der Waals surface area contributed by atoms with Crippen LogP contribution >= 0.6 is 11.6 Å². The lowest BCUT2D eigenvalue weighted by molar-refractivity contribution is -0.133. The highest BCUT2D eigenvalue weighted by Crippen LogP contribution is 2.37. The van der Waals surface area contributed by atoms with Crippen LogP contribution in [-0.4, -0.2) is 24.7 Å². The minimum atomic E-state index is -4.02. The fraction of sp³-hybridized carbons (Fsp3) is 0.400. The number of allylic oxidation sites excluding steroid dienone is 1. The summed E-state index contributed by atoms with van der Waals surface area (Å²) in [6, 6.07) is 3.26. The summed E-state index contributed by atoms with van der Waals surface area (Å²) in [4.78, 5) is 11.4. The lowest BCUT2D eigenvalue weighted by atomic mass is 9.79. The molecule has 2 rings (SSSR count). The number of hydrogen-bond acceptors (Lipinski definition) is 3. The number of rotatable bonds is 4. The highest BCUT2D eigenvalue weighted by molar-refractivity contribution is 7.93. The van der Waals surface area contributed by atoms with Crippen LogP contribution in [0.25, 0.3) is 0 Å². The van der Waals surface area contributed by atoms with E-state index >= 15 is 0 Å². The largest absolute Gasteiger partial charge is 0.478 e. The SMILES string of the molecule is CC1(C)C=C(C(=O)O)C(S(=O)(=O)Nc2ccc(F)cc2Cl)CC1. The second-order valence-corrected chi connectivity index (χ2v) is 8.46. The second-order valence-electron chi connectivity index (χ2n) is 6.19. The molecule has 0 radical (unpaired) electrons. The van der Waals surface area contributed by atoms with Crippen LogP contribution in [0.1, 0.15) is 26.7 Å². The van der Waals surface area contributed by atoms with Gasteiger partial charge in [0.15, 0.2) is 0 Å². The first-order valence-electron chi connectivity index (χ1n) is 6.94. The van der Waals surface area contributed by atoms with Crippen LogP contribution in [0.5, 0.6) is 0 Å². The van der Waals surface area contributed by atoms with E-state index in [4.69, 9.17) is 11.6 Å². The maximum atomic E-state index is 13.0. The molecule has 1 aliphatic rings. The highest BCUT2D eigenvalue weighted by Gasteiger charge is 2.39. The smallest absolute Gasteiger partial charge is 0.332 e. The second kappa shape index (κ2) is 6.13. The van der Waals surface area contributed by atoms with Crippen LogP contribution in [0.4, 0.5) is 10.1 Å². The van der Waals surface area contributed by atoms with Crippen LogP contribution < -0.4 is 4.72 Å². The average molecular weight is 362 g/mol. The molecular formula is C15H17ClFNO4S. The Bertz CT molecular complexity index is 774. The molecule has 23 heavy (non-hydrogen) atoms. The van der Waals surface area contributed by atoms with Gasteiger partial charge in [-0.25, -0.2) is 17.6 Å². The predicted molar refractivity (Wildman–Crippen MR) is 86.5 cm³/mol. The number of aliphatic carboxylic acids is 1. The molecule has 1 aromatic carbocycles. The lowest BCUT2D eigenvalue weighted by Gasteiger charge is -2.31. The molecule has 0 fully saturated rings. The third-order valence-corrected chi connectivity index (χ3v) is 5.80. The number of sulfonamides is 1. The van der Waals surface area contributed by atoms with E-state index in [0.29, 0.717) is 6.42 Å². The van der Waals surface area contributed by atoms with E-state index in [1.807, 2.05) is 13.8 Å². The molecule has 0 spiro atoms. The first kappa shape index (κ1) is 17.7. The van der Waals surface area contributed by atoms with E-state index in [9.17, 15) is 22.7 Å². The van der Waals surface area contributed by atoms with Gasteiger partial charge in [-0.1, -0.05) is 31.5 Å². The van der Waals surface area contributed by atoms with Crippen LogP contribution in [0.2, 0.25) is 5.02 Å². The van der Waals surface area contributed by atoms with E-state index in [0.717, 1.165) is 12.1 Å². The van der Waals surface area contributed by atoms with Gasteiger partial charge in [0.2, 0.25) is 10.0 Å². The molecule has 126 valence electrons. The Morgan fingerprint density at radius 1 is 1.43 bits per heavy atom. The average Bonchev–Trinajstić information content (AvgIpc) is 2.40. The zero-order valence-corrected chi connectivity index (χ0v) is 14.2. The molecular weight excluding hydrogens is 345 g/mol. The van der Waals surface area contributed by atoms with Crippen molar-refractivity contribution in [3.63, 3.8) is 0 Å². The monoisotopic (exact) mass is 361 g/mol. The normalized spacial score (nSPS) is 20.7. The van der Waals surface area contributed by atoms with Crippen molar-refractivity contribution >= 4 is 33.3 Å². The van der Waals surface area contributed by atoms with Gasteiger partial charge in [-0.3, -0.25) is 4.72 Å². The molecule has 0 saturated carbocycles. The van der Waals surface area contributed by atoms with Crippen molar-refractivity contribution in [2.75, 3.05) is 4.72 Å². The Morgan fingerprint density at radius 2 is 2.09 bits per heavy atom. The number of carboxylic acids is 1. The van der Waals surface area contributed by atoms with E-state index in [1.54, 1.807) is 0 Å². The molecule has 0 aliphatic heterocycles. The van der Waals surface area contributed by atoms with Gasteiger partial charge in [0.1, 0.15) is 11.1 Å². The van der Waals surface area contributed by atoms with Gasteiger partial charge >= 0.3 is 5.97 Å². The number of halogens is 2. The van der Waals surface area contributed by atoms with Crippen molar-refractivity contribution in [1.82, 2.24) is 0 Å². The molecule has 0 heterocycles. The number of anilines is 1. The van der Waals surface area contributed by atoms with E-state index in [-0.39, 0.29) is 28.1 Å². The number of hydrogen-bond donors (Lipinski definition) is 2. The topological polar surface area (TPSA) is 83.5 Å². The molecule has 8 heteroatoms. The van der Waals surface area contributed by atoms with Crippen molar-refractivity contribution in [3.05, 3.63) is 40.7 Å². The quantitative estimate of drug-likeness (QED) is 0.860. The zero-order chi connectivity index (χ0) is 17.4. The van der Waals surface area contributed by atoms with Crippen LogP contribution in [0.3, 0.4) is 0 Å². The number of nitrogens with one attached hydrogen (secondary N) is 1. The molecule has 1 atom stereocenters. The summed E-state index contributed by atoms with van der Waals surface area (Å²) in [5.74, 6) is -1.86. The first-order chi connectivity index (χ1) is 10.5. The third-order valence-electron chi connectivity index (χ3n) is 3.75. The minimum Gasteiger partial charge on any atom is -0.478 e. The Labute approximate surface area is 139 Å². The van der Waals surface area contributed by atoms with Gasteiger partial charge in [0, 0.05) is 0 Å². The van der Waals surface area contributed by atoms with E-state index in [2.05, 4.69) is 4.72 Å². The van der Waals surface area contributed by atoms with Crippen LogP contribution in [0, 0.1) is 11.2 Å². The van der Waals surface area contributed by atoms with Gasteiger partial charge in [0.05, 0.1) is 16.3 Å². The molecule has 2 N–H and O–H groups in total. The molecule has 0 saturated heterocycles. The summed E-state index contributed by atoms with van der Waals surface area (Å²) in [5, 5.41) is 8.05. The molecule has 5 nitrogen and oxygen atoms in total. The van der Waals surface area contributed by atoms with Crippen molar-refractivity contribution in [1.29, 1.82) is 0 Å². The maximum absolute atomic E-state index is 13.0. The van der Waals surface area contributed by atoms with Gasteiger partial charge in [0.25, 0.3) is 0 Å². The third kappa shape index (κ3) is 4.03. The Kier molecular flexibility index (Phi) is 4.73. The minimum absolute atomic E-state index is 0.0163. The standard InChI is InChI=1S/C15H17ClFNO4S/c1-15(2)6-5-13(10(8-15)14(19)20)23(21,22)18-12-4-3-9(17)7-11(12)16/h3-4,7-8,13,18H,5-6H2,1-2H3,(H,19,20). The maximum Gasteiger partial charge on any atom is 0.332 e. The van der Waals surface area contributed by atoms with Gasteiger partial charge < -0.3 is 5.11 Å². The fourth-order valence-electron chi connectivity index (χ4n) is 2.56. The van der Waals surface area contributed by atoms with Crippen molar-refractivity contribution in [2.45, 2.75) is 31.9 Å². The number of carbonyl (C=O) groups is 1. The summed E-state index contributed by atoms with van der Waals surface area (Å²) in [6.07, 6.45) is 2.20. The molecule has 1 aromatic rings. The summed E-state index contributed by atoms with van der Waals surface area (Å²) < 4.78 is 40.4. The summed E-state index contributed by atoms with van der Waals surface area (Å²) in [5.41, 5.74) is -0.526. The molecule has 0 bridgehead atoms. The van der Waals surface area contributed by atoms with E-state index < -0.39 is 27.1 Å². The van der Waals surface area contributed by atoms with E-state index in [1.165, 1.54) is 12.1 Å². The number of benzene rings is 1. The predicted octanol–water partition coefficient (Wildman–Crippen LogP) is 3.42. The van der Waals surface area contributed by atoms with Crippen molar-refractivity contribution in [2.24, 2.45) is 5.41 Å².